The molecule has 3 heterocycles. The molecule has 32 heavy (non-hydrogen) atoms. The van der Waals surface area contributed by atoms with E-state index in [1.165, 1.54) is 5.57 Å². The lowest BCUT2D eigenvalue weighted by Gasteiger charge is -2.14. The first kappa shape index (κ1) is 23.8. The zero-order valence-electron chi connectivity index (χ0n) is 20.4. The lowest BCUT2D eigenvalue weighted by molar-refractivity contribution is 0.732. The number of hydrogen-bond donors (Lipinski definition) is 3. The van der Waals surface area contributed by atoms with Crippen LogP contribution in [0.15, 0.2) is 17.1 Å². The molecule has 3 rings (SSSR count). The average Bonchev–Trinajstić information content (AvgIpc) is 3.19. The maximum atomic E-state index is 13.4. The maximum absolute atomic E-state index is 13.4. The van der Waals surface area contributed by atoms with E-state index in [2.05, 4.69) is 60.6 Å². The van der Waals surface area contributed by atoms with Crippen LogP contribution in [0.1, 0.15) is 47.5 Å². The summed E-state index contributed by atoms with van der Waals surface area (Å²) in [5.41, 5.74) is 4.23. The normalized spacial score (nSPS) is 14.4. The molecule has 0 saturated carbocycles. The number of aromatic nitrogens is 4. The van der Waals surface area contributed by atoms with Gasteiger partial charge in [0.15, 0.2) is 0 Å². The molecule has 0 saturated heterocycles. The van der Waals surface area contributed by atoms with E-state index in [0.29, 0.717) is 17.3 Å². The Hall–Kier alpha value is -2.87. The molecular formula is C24H36N6OSi. The first-order valence-electron chi connectivity index (χ1n) is 11.6. The molecule has 0 bridgehead atoms. The summed E-state index contributed by atoms with van der Waals surface area (Å²) < 4.78 is 0. The van der Waals surface area contributed by atoms with Crippen molar-refractivity contribution in [1.82, 2.24) is 19.9 Å². The fourth-order valence-corrected chi connectivity index (χ4v) is 4.54. The quantitative estimate of drug-likeness (QED) is 0.457. The number of nitrogens with zero attached hydrogens (tertiary/aromatic N) is 3. The Morgan fingerprint density at radius 2 is 2.03 bits per heavy atom. The highest BCUT2D eigenvalue weighted by Crippen LogP contribution is 2.23. The zero-order chi connectivity index (χ0) is 23.4. The predicted octanol–water partition coefficient (Wildman–Crippen LogP) is 2.72. The number of pyridine rings is 2. The molecule has 0 radical (unpaired) electrons. The zero-order valence-corrected chi connectivity index (χ0v) is 21.8. The Morgan fingerprint density at radius 3 is 2.66 bits per heavy atom. The highest BCUT2D eigenvalue weighted by atomic mass is 28.2. The predicted molar refractivity (Wildman–Crippen MR) is 139 cm³/mol. The van der Waals surface area contributed by atoms with E-state index in [-0.39, 0.29) is 5.56 Å². The fourth-order valence-electron chi connectivity index (χ4n) is 3.69. The molecule has 0 aliphatic carbocycles. The lowest BCUT2D eigenvalue weighted by atomic mass is 10.0. The monoisotopic (exact) mass is 452 g/mol. The first-order chi connectivity index (χ1) is 15.3. The van der Waals surface area contributed by atoms with E-state index >= 15 is 0 Å². The summed E-state index contributed by atoms with van der Waals surface area (Å²) in [6, 6.07) is 3.06. The van der Waals surface area contributed by atoms with Gasteiger partial charge in [-0.2, -0.15) is 0 Å². The number of H-pyrrole nitrogens is 2. The van der Waals surface area contributed by atoms with Crippen LogP contribution in [0.25, 0.3) is 34.1 Å². The number of nitrogens with one attached hydrogen (secondary N) is 3. The van der Waals surface area contributed by atoms with E-state index in [1.807, 2.05) is 25.1 Å². The number of aromatic amines is 2. The van der Waals surface area contributed by atoms with Gasteiger partial charge in [0, 0.05) is 30.7 Å². The smallest absolute Gasteiger partial charge is 0.261 e. The second kappa shape index (κ2) is 10.2. The van der Waals surface area contributed by atoms with Gasteiger partial charge in [-0.3, -0.25) is 4.79 Å². The summed E-state index contributed by atoms with van der Waals surface area (Å²) in [6.07, 6.45) is 5.86. The molecular weight excluding hydrogens is 416 g/mol. The third-order valence-electron chi connectivity index (χ3n) is 5.90. The third-order valence-corrected chi connectivity index (χ3v) is 7.00. The van der Waals surface area contributed by atoms with Gasteiger partial charge < -0.3 is 19.9 Å². The van der Waals surface area contributed by atoms with E-state index in [1.54, 1.807) is 6.20 Å². The summed E-state index contributed by atoms with van der Waals surface area (Å²) >= 11 is 0. The summed E-state index contributed by atoms with van der Waals surface area (Å²) in [5, 5.41) is 2.02. The summed E-state index contributed by atoms with van der Waals surface area (Å²) in [6.45, 7) is 10.8. The van der Waals surface area contributed by atoms with Crippen molar-refractivity contribution >= 4 is 43.9 Å². The van der Waals surface area contributed by atoms with Crippen molar-refractivity contribution in [3.63, 3.8) is 0 Å². The van der Waals surface area contributed by atoms with E-state index in [0.717, 1.165) is 52.0 Å². The van der Waals surface area contributed by atoms with Crippen molar-refractivity contribution in [3.05, 3.63) is 33.2 Å². The minimum Gasteiger partial charge on any atom is -0.414 e. The van der Waals surface area contributed by atoms with Gasteiger partial charge in [0.25, 0.3) is 5.56 Å². The SMILES string of the molecule is CC[SiH2]Nc1c(-c2nc3cnc(N(C)C)cc3[nH]2)c(=O)[nH]c(=C/C(C)CC)/c1=C(/C)CC. The van der Waals surface area contributed by atoms with E-state index < -0.39 is 9.68 Å². The maximum Gasteiger partial charge on any atom is 0.261 e. The van der Waals surface area contributed by atoms with Crippen molar-refractivity contribution in [3.8, 4) is 11.4 Å². The fraction of sp³-hybridized carbons (Fsp3) is 0.458. The van der Waals surface area contributed by atoms with Crippen LogP contribution < -0.4 is 26.0 Å². The number of anilines is 2. The Morgan fingerprint density at radius 1 is 1.28 bits per heavy atom. The number of hydrogen-bond acceptors (Lipinski definition) is 5. The van der Waals surface area contributed by atoms with E-state index in [9.17, 15) is 4.79 Å². The molecule has 3 aromatic rings. The minimum absolute atomic E-state index is 0.125. The van der Waals surface area contributed by atoms with Crippen LogP contribution in [-0.4, -0.2) is 43.7 Å². The average molecular weight is 453 g/mol. The van der Waals surface area contributed by atoms with Gasteiger partial charge >= 0.3 is 0 Å². The first-order valence-corrected chi connectivity index (χ1v) is 13.3. The molecule has 1 atom stereocenters. The standard InChI is InChI=1S/C24H36N6OSi/c1-8-14(4)11-17-20(15(5)9-2)22(29-32-10-3)21(24(31)28-17)23-26-16-12-19(30(6)7)25-13-18(16)27-23/h11-14,29H,8-10,32H2,1-7H3,(H,26,27)(H,28,31)/b17-11+,20-15+. The molecule has 0 aliphatic heterocycles. The summed E-state index contributed by atoms with van der Waals surface area (Å²) in [7, 11) is 3.34. The van der Waals surface area contributed by atoms with Crippen LogP contribution >= 0.6 is 0 Å². The summed E-state index contributed by atoms with van der Waals surface area (Å²) in [5.74, 6) is 1.79. The molecule has 7 nitrogen and oxygen atoms in total. The van der Waals surface area contributed by atoms with Crippen molar-refractivity contribution in [1.29, 1.82) is 0 Å². The molecule has 3 N–H and O–H groups in total. The van der Waals surface area contributed by atoms with Crippen LogP contribution in [0.4, 0.5) is 11.5 Å². The van der Waals surface area contributed by atoms with Crippen LogP contribution in [-0.2, 0) is 0 Å². The van der Waals surface area contributed by atoms with Gasteiger partial charge in [0.1, 0.15) is 32.4 Å². The third kappa shape index (κ3) is 4.80. The van der Waals surface area contributed by atoms with Crippen molar-refractivity contribution in [2.45, 2.75) is 53.5 Å². The highest BCUT2D eigenvalue weighted by molar-refractivity contribution is 6.40. The molecule has 172 valence electrons. The Kier molecular flexibility index (Phi) is 7.55. The number of fused-ring (bicyclic) bond motifs is 1. The molecule has 0 fully saturated rings. The molecule has 8 heteroatoms. The number of imidazole rings is 1. The van der Waals surface area contributed by atoms with Gasteiger partial charge in [0.2, 0.25) is 0 Å². The second-order valence-corrected chi connectivity index (χ2v) is 10.5. The molecule has 1 unspecified atom stereocenters. The largest absolute Gasteiger partial charge is 0.414 e. The number of rotatable bonds is 8. The van der Waals surface area contributed by atoms with Crippen molar-refractivity contribution in [2.75, 3.05) is 24.0 Å². The van der Waals surface area contributed by atoms with Crippen molar-refractivity contribution in [2.24, 2.45) is 5.92 Å². The second-order valence-electron chi connectivity index (χ2n) is 8.65. The van der Waals surface area contributed by atoms with Gasteiger partial charge in [-0.1, -0.05) is 45.8 Å². The van der Waals surface area contributed by atoms with Crippen LogP contribution in [0.3, 0.4) is 0 Å². The molecule has 0 amide bonds. The molecule has 0 aliphatic rings. The summed E-state index contributed by atoms with van der Waals surface area (Å²) in [4.78, 5) is 34.8. The topological polar surface area (TPSA) is 89.7 Å². The Labute approximate surface area is 192 Å². The highest BCUT2D eigenvalue weighted by Gasteiger charge is 2.18. The Bertz CT molecular complexity index is 1270. The van der Waals surface area contributed by atoms with Gasteiger partial charge in [-0.15, -0.1) is 0 Å². The van der Waals surface area contributed by atoms with Gasteiger partial charge in [-0.05, 0) is 25.3 Å². The molecule has 0 spiro atoms. The van der Waals surface area contributed by atoms with Gasteiger partial charge in [0.05, 0.1) is 17.4 Å². The van der Waals surface area contributed by atoms with Gasteiger partial charge in [-0.25, -0.2) is 9.97 Å². The molecule has 3 aromatic heterocycles. The van der Waals surface area contributed by atoms with Crippen molar-refractivity contribution < 1.29 is 0 Å². The van der Waals surface area contributed by atoms with Crippen LogP contribution in [0.2, 0.25) is 6.04 Å². The lowest BCUT2D eigenvalue weighted by Crippen LogP contribution is -2.40. The van der Waals surface area contributed by atoms with E-state index in [4.69, 9.17) is 4.98 Å². The minimum atomic E-state index is -0.565. The molecule has 0 aromatic carbocycles. The Balaban J connectivity index is 2.39. The van der Waals surface area contributed by atoms with Crippen LogP contribution in [0.5, 0.6) is 0 Å². The van der Waals surface area contributed by atoms with Crippen LogP contribution in [0, 0.1) is 5.92 Å².